The summed E-state index contributed by atoms with van der Waals surface area (Å²) in [7, 11) is 1.55. The van der Waals surface area contributed by atoms with Gasteiger partial charge in [-0.25, -0.2) is 0 Å². The van der Waals surface area contributed by atoms with E-state index in [1.165, 1.54) is 0 Å². The van der Waals surface area contributed by atoms with Crippen molar-refractivity contribution in [1.29, 1.82) is 0 Å². The first-order valence-corrected chi connectivity index (χ1v) is 6.89. The van der Waals surface area contributed by atoms with E-state index in [-0.39, 0.29) is 17.7 Å². The number of rotatable bonds is 3. The van der Waals surface area contributed by atoms with Crippen LogP contribution in [-0.2, 0) is 4.79 Å². The van der Waals surface area contributed by atoms with Gasteiger partial charge in [-0.1, -0.05) is 6.07 Å². The molecule has 5 heteroatoms. The number of nitrogens with zero attached hydrogens (tertiary/aromatic N) is 2. The van der Waals surface area contributed by atoms with Crippen molar-refractivity contribution >= 4 is 5.91 Å². The quantitative estimate of drug-likeness (QED) is 0.913. The standard InChI is InChI=1S/C15H22N2O3/c1-11(13-4-5-14(19)15(10-13)20-3)16-6-8-17(9-7-16)12(2)18/h4-5,10-11,19H,6-9H2,1-3H3. The van der Waals surface area contributed by atoms with Gasteiger partial charge in [0, 0.05) is 39.1 Å². The molecule has 0 spiro atoms. The number of piperazine rings is 1. The van der Waals surface area contributed by atoms with Gasteiger partial charge in [-0.15, -0.1) is 0 Å². The molecule has 0 saturated carbocycles. The number of hydrogen-bond donors (Lipinski definition) is 1. The van der Waals surface area contributed by atoms with Gasteiger partial charge >= 0.3 is 0 Å². The molecule has 1 aromatic rings. The molecule has 1 atom stereocenters. The molecule has 1 unspecified atom stereocenters. The number of carbonyl (C=O) groups is 1. The molecule has 0 radical (unpaired) electrons. The van der Waals surface area contributed by atoms with Crippen LogP contribution in [-0.4, -0.2) is 54.1 Å². The third-order valence-electron chi connectivity index (χ3n) is 3.99. The molecule has 20 heavy (non-hydrogen) atoms. The monoisotopic (exact) mass is 278 g/mol. The Kier molecular flexibility index (Phi) is 4.49. The number of amides is 1. The Morgan fingerprint density at radius 1 is 1.30 bits per heavy atom. The van der Waals surface area contributed by atoms with Crippen molar-refractivity contribution in [2.24, 2.45) is 0 Å². The van der Waals surface area contributed by atoms with Crippen LogP contribution in [0.3, 0.4) is 0 Å². The van der Waals surface area contributed by atoms with Crippen molar-refractivity contribution in [3.05, 3.63) is 23.8 Å². The molecule has 1 aliphatic rings. The fourth-order valence-corrected chi connectivity index (χ4v) is 2.59. The summed E-state index contributed by atoms with van der Waals surface area (Å²) in [5.74, 6) is 0.796. The third kappa shape index (κ3) is 3.04. The molecule has 2 rings (SSSR count). The van der Waals surface area contributed by atoms with E-state index in [9.17, 15) is 9.90 Å². The molecular weight excluding hydrogens is 256 g/mol. The second-order valence-corrected chi connectivity index (χ2v) is 5.15. The first kappa shape index (κ1) is 14.7. The largest absolute Gasteiger partial charge is 0.504 e. The van der Waals surface area contributed by atoms with Crippen molar-refractivity contribution in [3.8, 4) is 11.5 Å². The average Bonchev–Trinajstić information content (AvgIpc) is 2.47. The number of phenolic OH excluding ortho intramolecular Hbond substituents is 1. The zero-order valence-corrected chi connectivity index (χ0v) is 12.3. The normalized spacial score (nSPS) is 17.9. The highest BCUT2D eigenvalue weighted by Gasteiger charge is 2.23. The predicted octanol–water partition coefficient (Wildman–Crippen LogP) is 1.63. The molecule has 0 aromatic heterocycles. The summed E-state index contributed by atoms with van der Waals surface area (Å²) in [5.41, 5.74) is 1.11. The fourth-order valence-electron chi connectivity index (χ4n) is 2.59. The van der Waals surface area contributed by atoms with Gasteiger partial charge in [0.1, 0.15) is 0 Å². The van der Waals surface area contributed by atoms with Crippen molar-refractivity contribution in [2.45, 2.75) is 19.9 Å². The molecule has 0 aliphatic carbocycles. The summed E-state index contributed by atoms with van der Waals surface area (Å²) >= 11 is 0. The lowest BCUT2D eigenvalue weighted by atomic mass is 10.1. The van der Waals surface area contributed by atoms with Crippen LogP contribution in [0.15, 0.2) is 18.2 Å². The SMILES string of the molecule is COc1cc(C(C)N2CCN(C(C)=O)CC2)ccc1O. The van der Waals surface area contributed by atoms with Gasteiger partial charge in [0.2, 0.25) is 5.91 Å². The summed E-state index contributed by atoms with van der Waals surface area (Å²) in [6.07, 6.45) is 0. The Hall–Kier alpha value is -1.75. The first-order chi connectivity index (χ1) is 9.52. The van der Waals surface area contributed by atoms with Crippen LogP contribution in [0.1, 0.15) is 25.5 Å². The average molecular weight is 278 g/mol. The maximum absolute atomic E-state index is 11.3. The molecule has 5 nitrogen and oxygen atoms in total. The molecule has 1 fully saturated rings. The Bertz CT molecular complexity index is 482. The lowest BCUT2D eigenvalue weighted by Crippen LogP contribution is -2.48. The van der Waals surface area contributed by atoms with Crippen LogP contribution in [0, 0.1) is 0 Å². The Labute approximate surface area is 119 Å². The van der Waals surface area contributed by atoms with Crippen LogP contribution < -0.4 is 4.74 Å². The topological polar surface area (TPSA) is 53.0 Å². The highest BCUT2D eigenvalue weighted by atomic mass is 16.5. The van der Waals surface area contributed by atoms with E-state index in [1.807, 2.05) is 17.0 Å². The van der Waals surface area contributed by atoms with Gasteiger partial charge in [-0.05, 0) is 24.6 Å². The molecule has 1 N–H and O–H groups in total. The minimum absolute atomic E-state index is 0.142. The maximum Gasteiger partial charge on any atom is 0.219 e. The first-order valence-electron chi connectivity index (χ1n) is 6.89. The highest BCUT2D eigenvalue weighted by molar-refractivity contribution is 5.73. The molecule has 1 saturated heterocycles. The predicted molar refractivity (Wildman–Crippen MR) is 76.9 cm³/mol. The number of methoxy groups -OCH3 is 1. The molecule has 110 valence electrons. The van der Waals surface area contributed by atoms with Gasteiger partial charge in [0.25, 0.3) is 0 Å². The molecule has 1 heterocycles. The zero-order chi connectivity index (χ0) is 14.7. The number of benzene rings is 1. The highest BCUT2D eigenvalue weighted by Crippen LogP contribution is 2.31. The number of phenols is 1. The van der Waals surface area contributed by atoms with Crippen LogP contribution in [0.2, 0.25) is 0 Å². The third-order valence-corrected chi connectivity index (χ3v) is 3.99. The second-order valence-electron chi connectivity index (χ2n) is 5.15. The Morgan fingerprint density at radius 3 is 2.50 bits per heavy atom. The summed E-state index contributed by atoms with van der Waals surface area (Å²) in [6, 6.07) is 5.69. The van der Waals surface area contributed by atoms with E-state index in [1.54, 1.807) is 20.1 Å². The minimum atomic E-state index is 0.142. The van der Waals surface area contributed by atoms with Crippen LogP contribution in [0.5, 0.6) is 11.5 Å². The van der Waals surface area contributed by atoms with Gasteiger partial charge in [-0.2, -0.15) is 0 Å². The smallest absolute Gasteiger partial charge is 0.219 e. The summed E-state index contributed by atoms with van der Waals surface area (Å²) < 4.78 is 5.15. The van der Waals surface area contributed by atoms with E-state index in [2.05, 4.69) is 11.8 Å². The van der Waals surface area contributed by atoms with E-state index in [0.717, 1.165) is 31.7 Å². The minimum Gasteiger partial charge on any atom is -0.504 e. The molecule has 1 aromatic carbocycles. The Morgan fingerprint density at radius 2 is 1.95 bits per heavy atom. The van der Waals surface area contributed by atoms with E-state index in [4.69, 9.17) is 4.74 Å². The number of hydrogen-bond acceptors (Lipinski definition) is 4. The number of ether oxygens (including phenoxy) is 1. The van der Waals surface area contributed by atoms with Crippen LogP contribution in [0.4, 0.5) is 0 Å². The summed E-state index contributed by atoms with van der Waals surface area (Å²) in [6.45, 7) is 7.02. The Balaban J connectivity index is 2.05. The van der Waals surface area contributed by atoms with Gasteiger partial charge < -0.3 is 14.7 Å². The summed E-state index contributed by atoms with van der Waals surface area (Å²) in [4.78, 5) is 15.5. The molecule has 0 bridgehead atoms. The van der Waals surface area contributed by atoms with E-state index < -0.39 is 0 Å². The van der Waals surface area contributed by atoms with E-state index in [0.29, 0.717) is 5.75 Å². The second kappa shape index (κ2) is 6.13. The maximum atomic E-state index is 11.3. The fraction of sp³-hybridized carbons (Fsp3) is 0.533. The molecule has 1 amide bonds. The van der Waals surface area contributed by atoms with Crippen molar-refractivity contribution in [3.63, 3.8) is 0 Å². The molecule has 1 aliphatic heterocycles. The van der Waals surface area contributed by atoms with Crippen molar-refractivity contribution < 1.29 is 14.6 Å². The van der Waals surface area contributed by atoms with E-state index >= 15 is 0 Å². The zero-order valence-electron chi connectivity index (χ0n) is 12.3. The van der Waals surface area contributed by atoms with Crippen LogP contribution in [0.25, 0.3) is 0 Å². The van der Waals surface area contributed by atoms with Crippen LogP contribution >= 0.6 is 0 Å². The number of carbonyl (C=O) groups excluding carboxylic acids is 1. The number of aromatic hydroxyl groups is 1. The lowest BCUT2D eigenvalue weighted by Gasteiger charge is -2.37. The summed E-state index contributed by atoms with van der Waals surface area (Å²) in [5, 5.41) is 9.64. The van der Waals surface area contributed by atoms with Crippen molar-refractivity contribution in [2.75, 3.05) is 33.3 Å². The molecular formula is C15H22N2O3. The lowest BCUT2D eigenvalue weighted by molar-refractivity contribution is -0.130. The van der Waals surface area contributed by atoms with Gasteiger partial charge in [0.15, 0.2) is 11.5 Å². The van der Waals surface area contributed by atoms with Crippen molar-refractivity contribution in [1.82, 2.24) is 9.80 Å². The van der Waals surface area contributed by atoms with Gasteiger partial charge in [-0.3, -0.25) is 9.69 Å². The van der Waals surface area contributed by atoms with Gasteiger partial charge in [0.05, 0.1) is 7.11 Å².